The molecule has 2 saturated heterocycles. The molecule has 2 aromatic carbocycles. The van der Waals surface area contributed by atoms with Crippen LogP contribution in [0.25, 0.3) is 0 Å². The Bertz CT molecular complexity index is 951. The molecule has 2 fully saturated rings. The Kier molecular flexibility index (Phi) is 8.97. The second-order valence-corrected chi connectivity index (χ2v) is 9.03. The molecule has 0 spiro atoms. The fourth-order valence-electron chi connectivity index (χ4n) is 4.04. The number of hydrogen-bond donors (Lipinski definition) is 2. The fourth-order valence-corrected chi connectivity index (χ4v) is 4.04. The molecular weight excluding hydrogens is 448 g/mol. The first-order valence-corrected chi connectivity index (χ1v) is 12.3. The summed E-state index contributed by atoms with van der Waals surface area (Å²) in [5, 5.41) is 5.76. The predicted octanol–water partition coefficient (Wildman–Crippen LogP) is 3.35. The first-order chi connectivity index (χ1) is 17.1. The molecular formula is C27H34N2O6. The highest BCUT2D eigenvalue weighted by Crippen LogP contribution is 2.18. The first-order valence-electron chi connectivity index (χ1n) is 12.3. The monoisotopic (exact) mass is 482 g/mol. The van der Waals surface area contributed by atoms with Gasteiger partial charge in [0, 0.05) is 36.9 Å². The minimum Gasteiger partial charge on any atom is -0.491 e. The number of amides is 2. The summed E-state index contributed by atoms with van der Waals surface area (Å²) in [6, 6.07) is 13.8. The van der Waals surface area contributed by atoms with Crippen molar-refractivity contribution in [3.63, 3.8) is 0 Å². The number of benzene rings is 2. The lowest BCUT2D eigenvalue weighted by atomic mass is 10.2. The van der Waals surface area contributed by atoms with Crippen molar-refractivity contribution in [1.82, 2.24) is 10.6 Å². The van der Waals surface area contributed by atoms with Crippen molar-refractivity contribution in [2.75, 3.05) is 33.0 Å². The maximum atomic E-state index is 12.5. The summed E-state index contributed by atoms with van der Waals surface area (Å²) in [6.45, 7) is 4.79. The molecule has 2 aliphatic heterocycles. The van der Waals surface area contributed by atoms with E-state index >= 15 is 0 Å². The Morgan fingerprint density at radius 3 is 1.77 bits per heavy atom. The van der Waals surface area contributed by atoms with Gasteiger partial charge in [-0.15, -0.1) is 0 Å². The molecule has 2 aliphatic rings. The van der Waals surface area contributed by atoms with Gasteiger partial charge in [0.15, 0.2) is 0 Å². The highest BCUT2D eigenvalue weighted by Gasteiger charge is 2.17. The van der Waals surface area contributed by atoms with Crippen LogP contribution in [0.2, 0.25) is 0 Å². The number of hydrogen-bond acceptors (Lipinski definition) is 6. The number of ether oxygens (including phenoxy) is 4. The molecule has 0 aromatic heterocycles. The quantitative estimate of drug-likeness (QED) is 0.510. The van der Waals surface area contributed by atoms with Gasteiger partial charge in [0.05, 0.1) is 12.2 Å². The fraction of sp³-hybridized carbons (Fsp3) is 0.481. The normalized spacial score (nSPS) is 20.3. The summed E-state index contributed by atoms with van der Waals surface area (Å²) >= 11 is 0. The molecule has 0 bridgehead atoms. The van der Waals surface area contributed by atoms with Crippen LogP contribution < -0.4 is 20.1 Å². The molecule has 2 aromatic rings. The highest BCUT2D eigenvalue weighted by atomic mass is 16.5. The van der Waals surface area contributed by atoms with E-state index in [2.05, 4.69) is 10.6 Å². The lowest BCUT2D eigenvalue weighted by Gasteiger charge is -2.16. The summed E-state index contributed by atoms with van der Waals surface area (Å²) in [6.07, 6.45) is 4.48. The first kappa shape index (κ1) is 25.0. The largest absolute Gasteiger partial charge is 0.491 e. The average Bonchev–Trinajstić information content (AvgIpc) is 3.60. The third-order valence-corrected chi connectivity index (χ3v) is 6.10. The van der Waals surface area contributed by atoms with Gasteiger partial charge in [0.25, 0.3) is 11.8 Å². The number of carbonyl (C=O) groups excluding carboxylic acids is 2. The number of rotatable bonds is 11. The van der Waals surface area contributed by atoms with E-state index in [4.69, 9.17) is 18.9 Å². The Balaban J connectivity index is 1.16. The second-order valence-electron chi connectivity index (χ2n) is 9.03. The van der Waals surface area contributed by atoms with Crippen LogP contribution in [0.1, 0.15) is 53.3 Å². The van der Waals surface area contributed by atoms with E-state index in [-0.39, 0.29) is 30.1 Å². The Morgan fingerprint density at radius 1 is 0.829 bits per heavy atom. The summed E-state index contributed by atoms with van der Waals surface area (Å²) < 4.78 is 22.6. The van der Waals surface area contributed by atoms with Crippen LogP contribution in [0, 0.1) is 0 Å². The van der Waals surface area contributed by atoms with E-state index in [9.17, 15) is 9.59 Å². The van der Waals surface area contributed by atoms with Crippen LogP contribution in [-0.4, -0.2) is 63.0 Å². The molecule has 0 saturated carbocycles. The second kappa shape index (κ2) is 12.6. The van der Waals surface area contributed by atoms with E-state index in [1.165, 1.54) is 0 Å². The lowest BCUT2D eigenvalue weighted by Crippen LogP contribution is -2.41. The molecule has 0 radical (unpaired) electrons. The van der Waals surface area contributed by atoms with Gasteiger partial charge in [0.1, 0.15) is 24.7 Å². The van der Waals surface area contributed by atoms with E-state index in [1.807, 2.05) is 6.92 Å². The smallest absolute Gasteiger partial charge is 0.251 e. The molecule has 35 heavy (non-hydrogen) atoms. The zero-order valence-electron chi connectivity index (χ0n) is 20.2. The topological polar surface area (TPSA) is 95.1 Å². The van der Waals surface area contributed by atoms with Crippen LogP contribution in [0.5, 0.6) is 11.5 Å². The lowest BCUT2D eigenvalue weighted by molar-refractivity contribution is 0.0679. The molecule has 3 unspecified atom stereocenters. The van der Waals surface area contributed by atoms with Gasteiger partial charge >= 0.3 is 0 Å². The zero-order chi connectivity index (χ0) is 24.5. The Hall–Kier alpha value is -3.10. The van der Waals surface area contributed by atoms with Crippen molar-refractivity contribution in [2.24, 2.45) is 0 Å². The molecule has 8 nitrogen and oxygen atoms in total. The SMILES string of the molecule is CC(CNC(=O)c1ccc(OCC2CCCO2)cc1)NC(=O)c1ccc(OCC2CCCO2)cc1. The number of nitrogens with one attached hydrogen (secondary N) is 2. The highest BCUT2D eigenvalue weighted by molar-refractivity contribution is 5.95. The van der Waals surface area contributed by atoms with Gasteiger partial charge in [-0.2, -0.15) is 0 Å². The Labute approximate surface area is 206 Å². The summed E-state index contributed by atoms with van der Waals surface area (Å²) in [7, 11) is 0. The third kappa shape index (κ3) is 7.70. The molecule has 4 rings (SSSR count). The summed E-state index contributed by atoms with van der Waals surface area (Å²) in [5.41, 5.74) is 1.07. The van der Waals surface area contributed by atoms with Crippen molar-refractivity contribution in [3.8, 4) is 11.5 Å². The van der Waals surface area contributed by atoms with Gasteiger partial charge in [-0.3, -0.25) is 9.59 Å². The summed E-state index contributed by atoms with van der Waals surface area (Å²) in [5.74, 6) is 1.01. The predicted molar refractivity (Wildman–Crippen MR) is 131 cm³/mol. The molecule has 3 atom stereocenters. The van der Waals surface area contributed by atoms with Gasteiger partial charge in [-0.05, 0) is 81.1 Å². The van der Waals surface area contributed by atoms with Crippen LogP contribution in [-0.2, 0) is 9.47 Å². The molecule has 2 amide bonds. The van der Waals surface area contributed by atoms with Crippen molar-refractivity contribution >= 4 is 11.8 Å². The van der Waals surface area contributed by atoms with E-state index < -0.39 is 0 Å². The van der Waals surface area contributed by atoms with Crippen molar-refractivity contribution < 1.29 is 28.5 Å². The van der Waals surface area contributed by atoms with Crippen LogP contribution in [0.15, 0.2) is 48.5 Å². The van der Waals surface area contributed by atoms with E-state index in [0.717, 1.165) is 38.9 Å². The van der Waals surface area contributed by atoms with Gasteiger partial charge < -0.3 is 29.6 Å². The van der Waals surface area contributed by atoms with Crippen LogP contribution in [0.3, 0.4) is 0 Å². The molecule has 2 heterocycles. The van der Waals surface area contributed by atoms with E-state index in [1.54, 1.807) is 48.5 Å². The van der Waals surface area contributed by atoms with E-state index in [0.29, 0.717) is 42.4 Å². The van der Waals surface area contributed by atoms with Gasteiger partial charge in [-0.1, -0.05) is 0 Å². The van der Waals surface area contributed by atoms with Crippen molar-refractivity contribution in [3.05, 3.63) is 59.7 Å². The molecule has 188 valence electrons. The van der Waals surface area contributed by atoms with Crippen molar-refractivity contribution in [1.29, 1.82) is 0 Å². The van der Waals surface area contributed by atoms with Gasteiger partial charge in [-0.25, -0.2) is 0 Å². The minimum absolute atomic E-state index is 0.150. The standard InChI is InChI=1S/C27H34N2O6/c1-19(29-27(31)21-8-12-23(13-9-21)35-18-25-5-3-15-33-25)16-28-26(30)20-6-10-22(11-7-20)34-17-24-4-2-14-32-24/h6-13,19,24-25H,2-5,14-18H2,1H3,(H,28,30)(H,29,31). The average molecular weight is 483 g/mol. The minimum atomic E-state index is -0.240. The van der Waals surface area contributed by atoms with Crippen LogP contribution >= 0.6 is 0 Å². The van der Waals surface area contributed by atoms with Crippen LogP contribution in [0.4, 0.5) is 0 Å². The maximum Gasteiger partial charge on any atom is 0.251 e. The molecule has 8 heteroatoms. The molecule has 2 N–H and O–H groups in total. The number of carbonyl (C=O) groups is 2. The maximum absolute atomic E-state index is 12.5. The van der Waals surface area contributed by atoms with Gasteiger partial charge in [0.2, 0.25) is 0 Å². The van der Waals surface area contributed by atoms with Crippen molar-refractivity contribution in [2.45, 2.75) is 50.9 Å². The summed E-state index contributed by atoms with van der Waals surface area (Å²) in [4.78, 5) is 25.0. The third-order valence-electron chi connectivity index (χ3n) is 6.10. The zero-order valence-corrected chi connectivity index (χ0v) is 20.2. The molecule has 0 aliphatic carbocycles. The Morgan fingerprint density at radius 2 is 1.31 bits per heavy atom.